The standard InChI is InChI=1S/C14H13Br2NO/c1-9-2-5-14(12(16)6-9)18-8-10-3-4-11(15)13(17)7-10/h2-7H,8,17H2,1H3. The van der Waals surface area contributed by atoms with Crippen LogP contribution in [0.5, 0.6) is 5.75 Å². The van der Waals surface area contributed by atoms with Gasteiger partial charge in [-0.05, 0) is 74.2 Å². The predicted molar refractivity (Wildman–Crippen MR) is 81.8 cm³/mol. The number of anilines is 1. The molecule has 2 aromatic carbocycles. The first-order chi connectivity index (χ1) is 8.56. The Hall–Kier alpha value is -1.000. The summed E-state index contributed by atoms with van der Waals surface area (Å²) in [4.78, 5) is 0. The lowest BCUT2D eigenvalue weighted by Crippen LogP contribution is -1.98. The van der Waals surface area contributed by atoms with E-state index in [4.69, 9.17) is 10.5 Å². The third kappa shape index (κ3) is 3.27. The van der Waals surface area contributed by atoms with Gasteiger partial charge in [-0.25, -0.2) is 0 Å². The molecule has 2 nitrogen and oxygen atoms in total. The number of hydrogen-bond donors (Lipinski definition) is 1. The molecule has 0 spiro atoms. The topological polar surface area (TPSA) is 35.2 Å². The highest BCUT2D eigenvalue weighted by molar-refractivity contribution is 9.11. The van der Waals surface area contributed by atoms with Crippen molar-refractivity contribution in [2.75, 3.05) is 5.73 Å². The molecule has 0 saturated heterocycles. The first-order valence-electron chi connectivity index (χ1n) is 5.49. The summed E-state index contributed by atoms with van der Waals surface area (Å²) in [6.45, 7) is 2.54. The van der Waals surface area contributed by atoms with Crippen LogP contribution in [0.4, 0.5) is 5.69 Å². The van der Waals surface area contributed by atoms with Crippen molar-refractivity contribution < 1.29 is 4.74 Å². The minimum Gasteiger partial charge on any atom is -0.488 e. The van der Waals surface area contributed by atoms with Crippen molar-refractivity contribution in [3.8, 4) is 5.75 Å². The van der Waals surface area contributed by atoms with Crippen LogP contribution in [0.15, 0.2) is 45.3 Å². The highest BCUT2D eigenvalue weighted by atomic mass is 79.9. The van der Waals surface area contributed by atoms with E-state index in [2.05, 4.69) is 31.9 Å². The van der Waals surface area contributed by atoms with Gasteiger partial charge >= 0.3 is 0 Å². The van der Waals surface area contributed by atoms with Gasteiger partial charge in [0.15, 0.2) is 0 Å². The van der Waals surface area contributed by atoms with Crippen molar-refractivity contribution in [2.24, 2.45) is 0 Å². The molecule has 0 saturated carbocycles. The monoisotopic (exact) mass is 369 g/mol. The van der Waals surface area contributed by atoms with Gasteiger partial charge in [-0.15, -0.1) is 0 Å². The second kappa shape index (κ2) is 5.76. The number of hydrogen-bond acceptors (Lipinski definition) is 2. The molecular formula is C14H13Br2NO. The summed E-state index contributed by atoms with van der Waals surface area (Å²) in [5.74, 6) is 0.835. The van der Waals surface area contributed by atoms with Crippen molar-refractivity contribution in [3.63, 3.8) is 0 Å². The largest absolute Gasteiger partial charge is 0.488 e. The van der Waals surface area contributed by atoms with E-state index in [1.807, 2.05) is 43.3 Å². The average molecular weight is 371 g/mol. The first-order valence-corrected chi connectivity index (χ1v) is 7.08. The third-order valence-electron chi connectivity index (χ3n) is 2.54. The van der Waals surface area contributed by atoms with Gasteiger partial charge in [-0.3, -0.25) is 0 Å². The van der Waals surface area contributed by atoms with Gasteiger partial charge in [0.25, 0.3) is 0 Å². The number of nitrogen functional groups attached to an aromatic ring is 1. The number of nitrogens with two attached hydrogens (primary N) is 1. The molecule has 0 heterocycles. The van der Waals surface area contributed by atoms with E-state index in [-0.39, 0.29) is 0 Å². The van der Waals surface area contributed by atoms with E-state index < -0.39 is 0 Å². The zero-order chi connectivity index (χ0) is 13.1. The Morgan fingerprint density at radius 2 is 1.83 bits per heavy atom. The number of rotatable bonds is 3. The molecule has 0 fully saturated rings. The Morgan fingerprint density at radius 1 is 1.06 bits per heavy atom. The Kier molecular flexibility index (Phi) is 4.30. The summed E-state index contributed by atoms with van der Waals surface area (Å²) >= 11 is 6.86. The van der Waals surface area contributed by atoms with Gasteiger partial charge in [0.2, 0.25) is 0 Å². The van der Waals surface area contributed by atoms with Crippen LogP contribution in [-0.2, 0) is 6.61 Å². The Morgan fingerprint density at radius 3 is 2.50 bits per heavy atom. The van der Waals surface area contributed by atoms with Crippen molar-refractivity contribution in [1.82, 2.24) is 0 Å². The maximum atomic E-state index is 5.83. The fraction of sp³-hybridized carbons (Fsp3) is 0.143. The van der Waals surface area contributed by atoms with E-state index in [0.29, 0.717) is 6.61 Å². The molecule has 0 unspecified atom stereocenters. The highest BCUT2D eigenvalue weighted by Gasteiger charge is 2.03. The second-order valence-corrected chi connectivity index (χ2v) is 5.79. The minimum atomic E-state index is 0.499. The third-order valence-corrected chi connectivity index (χ3v) is 3.88. The Labute approximate surface area is 123 Å². The lowest BCUT2D eigenvalue weighted by Gasteiger charge is -2.09. The molecule has 0 aliphatic carbocycles. The van der Waals surface area contributed by atoms with Crippen molar-refractivity contribution in [1.29, 1.82) is 0 Å². The summed E-state index contributed by atoms with van der Waals surface area (Å²) < 4.78 is 7.63. The summed E-state index contributed by atoms with van der Waals surface area (Å²) in [7, 11) is 0. The molecule has 18 heavy (non-hydrogen) atoms. The highest BCUT2D eigenvalue weighted by Crippen LogP contribution is 2.27. The summed E-state index contributed by atoms with van der Waals surface area (Å²) in [5, 5.41) is 0. The number of benzene rings is 2. The van der Waals surface area contributed by atoms with Crippen LogP contribution < -0.4 is 10.5 Å². The van der Waals surface area contributed by atoms with Gasteiger partial charge in [-0.1, -0.05) is 12.1 Å². The molecule has 0 aromatic heterocycles. The fourth-order valence-electron chi connectivity index (χ4n) is 1.57. The maximum Gasteiger partial charge on any atom is 0.134 e. The van der Waals surface area contributed by atoms with E-state index >= 15 is 0 Å². The molecule has 94 valence electrons. The number of halogens is 2. The molecule has 4 heteroatoms. The van der Waals surface area contributed by atoms with Gasteiger partial charge in [0.05, 0.1) is 4.47 Å². The van der Waals surface area contributed by atoms with Crippen molar-refractivity contribution in [3.05, 3.63) is 56.5 Å². The SMILES string of the molecule is Cc1ccc(OCc2ccc(Br)c(N)c2)c(Br)c1. The van der Waals surface area contributed by atoms with Crippen LogP contribution >= 0.6 is 31.9 Å². The van der Waals surface area contributed by atoms with Crippen LogP contribution in [0.1, 0.15) is 11.1 Å². The summed E-state index contributed by atoms with van der Waals surface area (Å²) in [6.07, 6.45) is 0. The fourth-order valence-corrected chi connectivity index (χ4v) is 2.42. The van der Waals surface area contributed by atoms with Crippen LogP contribution in [-0.4, -0.2) is 0 Å². The molecule has 0 aliphatic rings. The Bertz CT molecular complexity index is 570. The van der Waals surface area contributed by atoms with E-state index in [9.17, 15) is 0 Å². The van der Waals surface area contributed by atoms with E-state index in [0.717, 1.165) is 25.9 Å². The van der Waals surface area contributed by atoms with Crippen LogP contribution in [0.25, 0.3) is 0 Å². The van der Waals surface area contributed by atoms with Gasteiger partial charge in [0.1, 0.15) is 12.4 Å². The Balaban J connectivity index is 2.09. The minimum absolute atomic E-state index is 0.499. The van der Waals surface area contributed by atoms with Gasteiger partial charge in [0, 0.05) is 10.2 Å². The smallest absolute Gasteiger partial charge is 0.134 e. The van der Waals surface area contributed by atoms with Crippen LogP contribution in [0, 0.1) is 6.92 Å². The second-order valence-electron chi connectivity index (χ2n) is 4.08. The zero-order valence-corrected chi connectivity index (χ0v) is 13.1. The number of ether oxygens (including phenoxy) is 1. The normalized spacial score (nSPS) is 10.4. The summed E-state index contributed by atoms with van der Waals surface area (Å²) in [6, 6.07) is 11.8. The van der Waals surface area contributed by atoms with Gasteiger partial charge in [-0.2, -0.15) is 0 Å². The predicted octanol–water partition coefficient (Wildman–Crippen LogP) is 4.68. The van der Waals surface area contributed by atoms with Crippen molar-refractivity contribution >= 4 is 37.5 Å². The average Bonchev–Trinajstić information content (AvgIpc) is 2.32. The van der Waals surface area contributed by atoms with Gasteiger partial charge < -0.3 is 10.5 Å². The molecule has 0 bridgehead atoms. The molecule has 0 amide bonds. The molecule has 2 N–H and O–H groups in total. The van der Waals surface area contributed by atoms with Crippen LogP contribution in [0.3, 0.4) is 0 Å². The maximum absolute atomic E-state index is 5.83. The summed E-state index contributed by atoms with van der Waals surface area (Å²) in [5.41, 5.74) is 8.79. The van der Waals surface area contributed by atoms with Crippen molar-refractivity contribution in [2.45, 2.75) is 13.5 Å². The first kappa shape index (κ1) is 13.4. The van der Waals surface area contributed by atoms with Crippen LogP contribution in [0.2, 0.25) is 0 Å². The molecular weight excluding hydrogens is 358 g/mol. The number of aryl methyl sites for hydroxylation is 1. The molecule has 2 aromatic rings. The lowest BCUT2D eigenvalue weighted by molar-refractivity contribution is 0.304. The molecule has 0 radical (unpaired) electrons. The molecule has 0 aliphatic heterocycles. The zero-order valence-electron chi connectivity index (χ0n) is 9.91. The van der Waals surface area contributed by atoms with E-state index in [1.165, 1.54) is 5.56 Å². The quantitative estimate of drug-likeness (QED) is 0.796. The lowest BCUT2D eigenvalue weighted by atomic mass is 10.2. The van der Waals surface area contributed by atoms with E-state index in [1.54, 1.807) is 0 Å². The molecule has 2 rings (SSSR count). The molecule has 0 atom stereocenters.